The molecule has 12 nitrogen and oxygen atoms in total. The molecule has 7 rings (SSSR count). The quantitative estimate of drug-likeness (QED) is 0.110. The second kappa shape index (κ2) is 16.2. The highest BCUT2D eigenvalue weighted by Gasteiger charge is 2.50. The first-order chi connectivity index (χ1) is 27.7. The number of amides is 1. The number of fused-ring (bicyclic) bond motifs is 1. The van der Waals surface area contributed by atoms with E-state index in [2.05, 4.69) is 55.2 Å². The van der Waals surface area contributed by atoms with E-state index in [0.717, 1.165) is 14.9 Å². The molecule has 0 saturated carbocycles. The van der Waals surface area contributed by atoms with E-state index in [0.29, 0.717) is 46.1 Å². The number of likely N-dealkylation sites (N-methyl/N-ethyl adjacent to an activating group) is 1. The Kier molecular flexibility index (Phi) is 11.4. The number of aromatic nitrogens is 5. The number of methoxy groups -OCH3 is 1. The van der Waals surface area contributed by atoms with Gasteiger partial charge in [-0.25, -0.2) is 13.8 Å². The van der Waals surface area contributed by atoms with Crippen LogP contribution in [-0.2, 0) is 26.0 Å². The monoisotopic (exact) mass is 824 g/mol. The number of thiophene rings is 1. The van der Waals surface area contributed by atoms with E-state index >= 15 is 4.39 Å². The van der Waals surface area contributed by atoms with Gasteiger partial charge in [0.05, 0.1) is 44.6 Å². The van der Waals surface area contributed by atoms with Gasteiger partial charge in [0, 0.05) is 24.7 Å². The first kappa shape index (κ1) is 41.0. The molecule has 1 unspecified atom stereocenters. The molecule has 2 atom stereocenters. The second-order valence-corrected chi connectivity index (χ2v) is 21.2. The summed E-state index contributed by atoms with van der Waals surface area (Å²) in [5, 5.41) is 11.4. The molecule has 0 radical (unpaired) electrons. The molecule has 3 aromatic heterocycles. The van der Waals surface area contributed by atoms with Crippen LogP contribution < -0.4 is 26.4 Å². The highest BCUT2D eigenvalue weighted by Crippen LogP contribution is 2.38. The third-order valence-corrected chi connectivity index (χ3v) is 17.6. The van der Waals surface area contributed by atoms with Crippen molar-refractivity contribution in [3.8, 4) is 10.8 Å². The van der Waals surface area contributed by atoms with Crippen molar-refractivity contribution in [3.63, 3.8) is 0 Å². The average Bonchev–Trinajstić information content (AvgIpc) is 3.86. The van der Waals surface area contributed by atoms with Crippen LogP contribution >= 0.6 is 11.3 Å². The smallest absolute Gasteiger partial charge is 0.333 e. The SMILES string of the molecule is COc1ccc(F)cc1[C@H](Cn1c(=O)n(C2(C)CCCN(C)C2=O)c(=O)c2c(C)c(-n3nccn3)sc21)OCCO[Si](c1ccccc1)(c1ccccc1)C(C)(C)C. The van der Waals surface area contributed by atoms with E-state index in [1.54, 1.807) is 25.8 Å². The molecule has 1 amide bonds. The number of carbonyl (C=O) groups excluding carboxylic acids is 1. The fraction of sp³-hybridized carbons (Fsp3) is 0.372. The molecule has 1 saturated heterocycles. The zero-order chi connectivity index (χ0) is 41.4. The minimum absolute atomic E-state index is 0.0687. The predicted molar refractivity (Wildman–Crippen MR) is 226 cm³/mol. The molecular weight excluding hydrogens is 776 g/mol. The number of aryl methyl sites for hydroxylation is 1. The number of halogens is 1. The molecule has 1 fully saturated rings. The average molecular weight is 825 g/mol. The maximum atomic E-state index is 15.2. The largest absolute Gasteiger partial charge is 0.496 e. The Balaban J connectivity index is 1.35. The highest BCUT2D eigenvalue weighted by atomic mass is 32.1. The van der Waals surface area contributed by atoms with Crippen molar-refractivity contribution in [1.29, 1.82) is 0 Å². The Morgan fingerprint density at radius 3 is 2.19 bits per heavy atom. The van der Waals surface area contributed by atoms with Crippen molar-refractivity contribution < 1.29 is 23.1 Å². The van der Waals surface area contributed by atoms with Crippen LogP contribution in [0.1, 0.15) is 57.8 Å². The van der Waals surface area contributed by atoms with Crippen molar-refractivity contribution in [2.75, 3.05) is 33.9 Å². The van der Waals surface area contributed by atoms with Crippen molar-refractivity contribution in [2.24, 2.45) is 0 Å². The zero-order valence-corrected chi connectivity index (χ0v) is 35.7. The number of rotatable bonds is 13. The summed E-state index contributed by atoms with van der Waals surface area (Å²) in [7, 11) is 0.227. The van der Waals surface area contributed by atoms with E-state index in [9.17, 15) is 14.4 Å². The van der Waals surface area contributed by atoms with E-state index in [4.69, 9.17) is 13.9 Å². The van der Waals surface area contributed by atoms with Crippen LogP contribution in [0.25, 0.3) is 15.2 Å². The van der Waals surface area contributed by atoms with Gasteiger partial charge in [-0.1, -0.05) is 92.8 Å². The fourth-order valence-corrected chi connectivity index (χ4v) is 14.2. The lowest BCUT2D eigenvalue weighted by Gasteiger charge is -2.43. The lowest BCUT2D eigenvalue weighted by Crippen LogP contribution is -2.66. The van der Waals surface area contributed by atoms with E-state index in [1.165, 1.54) is 58.4 Å². The fourth-order valence-electron chi connectivity index (χ4n) is 8.44. The summed E-state index contributed by atoms with van der Waals surface area (Å²) in [6, 6.07) is 24.7. The molecule has 304 valence electrons. The molecule has 6 aromatic rings. The van der Waals surface area contributed by atoms with Crippen LogP contribution in [0.3, 0.4) is 0 Å². The Morgan fingerprint density at radius 2 is 1.59 bits per heavy atom. The van der Waals surface area contributed by atoms with E-state index in [-0.39, 0.29) is 36.1 Å². The summed E-state index contributed by atoms with van der Waals surface area (Å²) in [5.41, 5.74) is -1.78. The van der Waals surface area contributed by atoms with Crippen LogP contribution in [0, 0.1) is 12.7 Å². The molecule has 0 spiro atoms. The summed E-state index contributed by atoms with van der Waals surface area (Å²) in [6.45, 7) is 10.6. The number of carbonyl (C=O) groups is 1. The number of hydrogen-bond donors (Lipinski definition) is 0. The van der Waals surface area contributed by atoms with Gasteiger partial charge in [0.15, 0.2) is 0 Å². The van der Waals surface area contributed by atoms with Crippen molar-refractivity contribution in [2.45, 2.75) is 70.7 Å². The number of piperidine rings is 1. The van der Waals surface area contributed by atoms with Gasteiger partial charge in [0.2, 0.25) is 5.91 Å². The van der Waals surface area contributed by atoms with Gasteiger partial charge in [-0.05, 0) is 60.3 Å². The molecule has 15 heteroatoms. The standard InChI is InChI=1S/C43H49FN6O6SSi/c1-29-36-37(51)49(43(5)21-14-24-47(6)40(43)52)41(53)48(39(36)57-38(29)50-45-22-23-46-50)28-35(33-27-30(44)19-20-34(33)54-7)55-25-26-56-58(42(2,3)4,31-15-10-8-11-16-31)32-17-12-9-13-18-32/h8-13,15-20,22-23,27,35H,14,21,24-26,28H2,1-7H3/t35-,43?/m0/s1. The Hall–Kier alpha value is -5.22. The summed E-state index contributed by atoms with van der Waals surface area (Å²) < 4.78 is 37.3. The zero-order valence-electron chi connectivity index (χ0n) is 33.9. The molecule has 4 heterocycles. The minimum Gasteiger partial charge on any atom is -0.496 e. The molecule has 0 bridgehead atoms. The van der Waals surface area contributed by atoms with Gasteiger partial charge in [-0.3, -0.25) is 14.2 Å². The number of ether oxygens (including phenoxy) is 2. The van der Waals surface area contributed by atoms with E-state index in [1.807, 2.05) is 36.4 Å². The van der Waals surface area contributed by atoms with Crippen LogP contribution in [0.5, 0.6) is 5.75 Å². The minimum atomic E-state index is -2.94. The van der Waals surface area contributed by atoms with E-state index < -0.39 is 37.0 Å². The Bertz CT molecular complexity index is 2500. The molecular formula is C43H49FN6O6SSi. The number of nitrogens with zero attached hydrogens (tertiary/aromatic N) is 6. The molecule has 0 aliphatic carbocycles. The van der Waals surface area contributed by atoms with Gasteiger partial charge in [0.1, 0.15) is 33.0 Å². The number of hydrogen-bond acceptors (Lipinski definition) is 9. The van der Waals surface area contributed by atoms with Crippen LogP contribution in [-0.4, -0.2) is 77.2 Å². The Morgan fingerprint density at radius 1 is 0.948 bits per heavy atom. The van der Waals surface area contributed by atoms with Gasteiger partial charge in [0.25, 0.3) is 13.9 Å². The molecule has 3 aromatic carbocycles. The lowest BCUT2D eigenvalue weighted by atomic mass is 9.89. The summed E-state index contributed by atoms with van der Waals surface area (Å²) in [4.78, 5) is 46.8. The lowest BCUT2D eigenvalue weighted by molar-refractivity contribution is -0.142. The van der Waals surface area contributed by atoms with Gasteiger partial charge < -0.3 is 18.8 Å². The third kappa shape index (κ3) is 7.14. The molecule has 1 aliphatic heterocycles. The van der Waals surface area contributed by atoms with Crippen LogP contribution in [0.4, 0.5) is 4.39 Å². The Labute approximate surface area is 341 Å². The third-order valence-electron chi connectivity index (χ3n) is 11.3. The maximum Gasteiger partial charge on any atom is 0.333 e. The molecule has 58 heavy (non-hydrogen) atoms. The first-order valence-corrected chi connectivity index (χ1v) is 22.1. The maximum absolute atomic E-state index is 15.2. The first-order valence-electron chi connectivity index (χ1n) is 19.3. The topological polar surface area (TPSA) is 123 Å². The van der Waals surface area contributed by atoms with Crippen LogP contribution in [0.2, 0.25) is 5.04 Å². The molecule has 0 N–H and O–H groups in total. The van der Waals surface area contributed by atoms with Gasteiger partial charge in [-0.2, -0.15) is 10.2 Å². The highest BCUT2D eigenvalue weighted by molar-refractivity contribution is 7.21. The molecule has 1 aliphatic rings. The van der Waals surface area contributed by atoms with Gasteiger partial charge >= 0.3 is 5.69 Å². The summed E-state index contributed by atoms with van der Waals surface area (Å²) >= 11 is 1.18. The summed E-state index contributed by atoms with van der Waals surface area (Å²) in [5.74, 6) is -0.486. The normalized spacial score (nSPS) is 16.9. The van der Waals surface area contributed by atoms with Crippen molar-refractivity contribution >= 4 is 46.2 Å². The summed E-state index contributed by atoms with van der Waals surface area (Å²) in [6.07, 6.45) is 2.99. The van der Waals surface area contributed by atoms with Gasteiger partial charge in [-0.15, -0.1) is 4.80 Å². The predicted octanol–water partition coefficient (Wildman–Crippen LogP) is 5.56. The second-order valence-electron chi connectivity index (χ2n) is 15.9. The van der Waals surface area contributed by atoms with Crippen LogP contribution in [0.15, 0.2) is 101 Å². The number of benzene rings is 3. The van der Waals surface area contributed by atoms with Crippen molar-refractivity contribution in [3.05, 3.63) is 129 Å². The number of likely N-dealkylation sites (tertiary alicyclic amines) is 1. The van der Waals surface area contributed by atoms with Crippen molar-refractivity contribution in [1.82, 2.24) is 29.0 Å².